The van der Waals surface area contributed by atoms with Crippen molar-refractivity contribution in [2.45, 2.75) is 26.9 Å². The Balaban J connectivity index is 1.88. The molecule has 0 amide bonds. The highest BCUT2D eigenvalue weighted by Crippen LogP contribution is 2.11. The number of nitrogens with zero attached hydrogens (tertiary/aromatic N) is 2. The number of imidazole rings is 1. The van der Waals surface area contributed by atoms with Gasteiger partial charge in [-0.3, -0.25) is 0 Å². The third kappa shape index (κ3) is 4.69. The van der Waals surface area contributed by atoms with E-state index in [-0.39, 0.29) is 0 Å². The average molecular weight is 278 g/mol. The van der Waals surface area contributed by atoms with E-state index < -0.39 is 0 Å². The van der Waals surface area contributed by atoms with Crippen LogP contribution in [-0.4, -0.2) is 16.1 Å². The molecule has 1 N–H and O–H groups in total. The Morgan fingerprint density at radius 2 is 2.00 bits per heavy atom. The van der Waals surface area contributed by atoms with Crippen LogP contribution in [0.3, 0.4) is 0 Å². The highest BCUT2D eigenvalue weighted by Gasteiger charge is 2.01. The number of rotatable bonds is 6. The summed E-state index contributed by atoms with van der Waals surface area (Å²) in [4.78, 5) is 4.40. The zero-order chi connectivity index (χ0) is 13.7. The van der Waals surface area contributed by atoms with Crippen molar-refractivity contribution < 1.29 is 0 Å². The van der Waals surface area contributed by atoms with Crippen LogP contribution in [0, 0.1) is 5.92 Å². The lowest BCUT2D eigenvalue weighted by Gasteiger charge is -2.05. The molecule has 0 radical (unpaired) electrons. The van der Waals surface area contributed by atoms with Crippen LogP contribution in [0.1, 0.15) is 25.1 Å². The summed E-state index contributed by atoms with van der Waals surface area (Å²) in [5, 5.41) is 4.16. The number of hydrogen-bond donors (Lipinski definition) is 1. The van der Waals surface area contributed by atoms with Crippen LogP contribution in [0.4, 0.5) is 0 Å². The lowest BCUT2D eigenvalue weighted by molar-refractivity contribution is 0.548. The number of benzene rings is 1. The molecule has 4 heteroatoms. The molecule has 19 heavy (non-hydrogen) atoms. The topological polar surface area (TPSA) is 29.9 Å². The number of aromatic nitrogens is 2. The van der Waals surface area contributed by atoms with Gasteiger partial charge in [-0.05, 0) is 30.2 Å². The molecule has 0 aliphatic heterocycles. The molecule has 102 valence electrons. The van der Waals surface area contributed by atoms with Crippen LogP contribution in [0.5, 0.6) is 0 Å². The van der Waals surface area contributed by atoms with Crippen molar-refractivity contribution in [3.05, 3.63) is 53.1 Å². The molecule has 0 aliphatic rings. The minimum atomic E-state index is 0.663. The molecule has 0 saturated carbocycles. The smallest absolute Gasteiger partial charge is 0.0953 e. The van der Waals surface area contributed by atoms with E-state index >= 15 is 0 Å². The minimum Gasteiger partial charge on any atom is -0.333 e. The summed E-state index contributed by atoms with van der Waals surface area (Å²) in [6, 6.07) is 7.91. The Labute approximate surface area is 119 Å². The Hall–Kier alpha value is -1.32. The molecular weight excluding hydrogens is 258 g/mol. The normalized spacial score (nSPS) is 11.2. The predicted molar refractivity (Wildman–Crippen MR) is 79.3 cm³/mol. The molecule has 3 nitrogen and oxygen atoms in total. The van der Waals surface area contributed by atoms with Gasteiger partial charge < -0.3 is 9.88 Å². The van der Waals surface area contributed by atoms with E-state index in [0.29, 0.717) is 5.92 Å². The Morgan fingerprint density at radius 1 is 1.26 bits per heavy atom. The van der Waals surface area contributed by atoms with E-state index in [1.54, 1.807) is 0 Å². The summed E-state index contributed by atoms with van der Waals surface area (Å²) in [6.45, 7) is 7.07. The van der Waals surface area contributed by atoms with E-state index in [2.05, 4.69) is 34.9 Å². The van der Waals surface area contributed by atoms with Crippen LogP contribution in [0.15, 0.2) is 36.8 Å². The monoisotopic (exact) mass is 277 g/mol. The van der Waals surface area contributed by atoms with E-state index in [4.69, 9.17) is 11.6 Å². The second-order valence-electron chi connectivity index (χ2n) is 5.19. The van der Waals surface area contributed by atoms with Crippen LogP contribution >= 0.6 is 11.6 Å². The molecule has 2 aromatic rings. The third-order valence-corrected chi connectivity index (χ3v) is 3.08. The fraction of sp³-hybridized carbons (Fsp3) is 0.400. The van der Waals surface area contributed by atoms with E-state index in [0.717, 1.165) is 30.4 Å². The molecule has 1 heterocycles. The summed E-state index contributed by atoms with van der Waals surface area (Å²) in [6.07, 6.45) is 3.96. The molecule has 0 spiro atoms. The van der Waals surface area contributed by atoms with Crippen molar-refractivity contribution in [2.75, 3.05) is 6.54 Å². The van der Waals surface area contributed by atoms with Gasteiger partial charge in [-0.2, -0.15) is 0 Å². The van der Waals surface area contributed by atoms with Crippen molar-refractivity contribution in [3.8, 4) is 0 Å². The number of nitrogens with one attached hydrogen (secondary N) is 1. The second kappa shape index (κ2) is 6.73. The molecule has 1 aromatic carbocycles. The van der Waals surface area contributed by atoms with Gasteiger partial charge in [0.25, 0.3) is 0 Å². The zero-order valence-corrected chi connectivity index (χ0v) is 12.2. The van der Waals surface area contributed by atoms with Crippen LogP contribution in [0.25, 0.3) is 0 Å². The summed E-state index contributed by atoms with van der Waals surface area (Å²) in [5.74, 6) is 0.663. The summed E-state index contributed by atoms with van der Waals surface area (Å²) in [7, 11) is 0. The first-order valence-electron chi connectivity index (χ1n) is 6.59. The number of hydrogen-bond acceptors (Lipinski definition) is 2. The maximum atomic E-state index is 5.87. The SMILES string of the molecule is CC(C)CNCc1cn(Cc2ccc(Cl)cc2)cn1. The maximum Gasteiger partial charge on any atom is 0.0953 e. The van der Waals surface area contributed by atoms with Gasteiger partial charge in [0.05, 0.1) is 12.0 Å². The first-order valence-corrected chi connectivity index (χ1v) is 6.97. The van der Waals surface area contributed by atoms with E-state index in [1.807, 2.05) is 30.6 Å². The van der Waals surface area contributed by atoms with Crippen molar-refractivity contribution >= 4 is 11.6 Å². The van der Waals surface area contributed by atoms with Crippen molar-refractivity contribution in [2.24, 2.45) is 5.92 Å². The minimum absolute atomic E-state index is 0.663. The first kappa shape index (κ1) is 14.1. The molecule has 0 saturated heterocycles. The predicted octanol–water partition coefficient (Wildman–Crippen LogP) is 3.33. The second-order valence-corrected chi connectivity index (χ2v) is 5.62. The highest BCUT2D eigenvalue weighted by molar-refractivity contribution is 6.30. The lowest BCUT2D eigenvalue weighted by Crippen LogP contribution is -2.19. The summed E-state index contributed by atoms with van der Waals surface area (Å²) in [5.41, 5.74) is 2.30. The molecule has 0 aliphatic carbocycles. The van der Waals surface area contributed by atoms with Crippen LogP contribution in [0.2, 0.25) is 5.02 Å². The maximum absolute atomic E-state index is 5.87. The third-order valence-electron chi connectivity index (χ3n) is 2.82. The molecule has 0 unspecified atom stereocenters. The Kier molecular flexibility index (Phi) is 5.00. The van der Waals surface area contributed by atoms with Crippen molar-refractivity contribution in [3.63, 3.8) is 0 Å². The zero-order valence-electron chi connectivity index (χ0n) is 11.4. The quantitative estimate of drug-likeness (QED) is 0.878. The van der Waals surface area contributed by atoms with Crippen LogP contribution < -0.4 is 5.32 Å². The molecule has 2 rings (SSSR count). The van der Waals surface area contributed by atoms with Gasteiger partial charge in [-0.1, -0.05) is 37.6 Å². The molecule has 0 atom stereocenters. The summed E-state index contributed by atoms with van der Waals surface area (Å²) < 4.78 is 2.09. The molecular formula is C15H20ClN3. The van der Waals surface area contributed by atoms with Gasteiger partial charge in [0.1, 0.15) is 0 Å². The van der Waals surface area contributed by atoms with Gasteiger partial charge in [0.2, 0.25) is 0 Å². The number of halogens is 1. The largest absolute Gasteiger partial charge is 0.333 e. The Morgan fingerprint density at radius 3 is 2.68 bits per heavy atom. The fourth-order valence-corrected chi connectivity index (χ4v) is 2.00. The molecule has 1 aromatic heterocycles. The van der Waals surface area contributed by atoms with Gasteiger partial charge >= 0.3 is 0 Å². The van der Waals surface area contributed by atoms with Crippen LogP contribution in [-0.2, 0) is 13.1 Å². The lowest BCUT2D eigenvalue weighted by atomic mass is 10.2. The van der Waals surface area contributed by atoms with Crippen molar-refractivity contribution in [1.82, 2.24) is 14.9 Å². The molecule has 0 fully saturated rings. The van der Waals surface area contributed by atoms with Gasteiger partial charge in [0.15, 0.2) is 0 Å². The van der Waals surface area contributed by atoms with Gasteiger partial charge in [-0.15, -0.1) is 0 Å². The average Bonchev–Trinajstić information content (AvgIpc) is 2.79. The Bertz CT molecular complexity index is 502. The van der Waals surface area contributed by atoms with E-state index in [9.17, 15) is 0 Å². The standard InChI is InChI=1S/C15H20ClN3/c1-12(2)7-17-8-15-10-19(11-18-15)9-13-3-5-14(16)6-4-13/h3-6,10-12,17H,7-9H2,1-2H3. The fourth-order valence-electron chi connectivity index (χ4n) is 1.87. The van der Waals surface area contributed by atoms with E-state index in [1.165, 1.54) is 5.56 Å². The van der Waals surface area contributed by atoms with Gasteiger partial charge in [-0.25, -0.2) is 4.98 Å². The first-order chi connectivity index (χ1) is 9.13. The van der Waals surface area contributed by atoms with Gasteiger partial charge in [0, 0.05) is 24.3 Å². The van der Waals surface area contributed by atoms with Crippen molar-refractivity contribution in [1.29, 1.82) is 0 Å². The highest BCUT2D eigenvalue weighted by atomic mass is 35.5. The molecule has 0 bridgehead atoms. The summed E-state index contributed by atoms with van der Waals surface area (Å²) >= 11 is 5.87.